The summed E-state index contributed by atoms with van der Waals surface area (Å²) in [4.78, 5) is 20.6. The Labute approximate surface area is 122 Å². The molecule has 1 aromatic rings. The zero-order chi connectivity index (χ0) is 16.4. The van der Waals surface area contributed by atoms with Gasteiger partial charge in [-0.1, -0.05) is 13.8 Å². The van der Waals surface area contributed by atoms with Gasteiger partial charge in [-0.15, -0.1) is 11.8 Å². The maximum atomic E-state index is 12.8. The molecule has 5 nitrogen and oxygen atoms in total. The number of nitrogens with zero attached hydrogens (tertiary/aromatic N) is 1. The molecule has 0 bridgehead atoms. The van der Waals surface area contributed by atoms with E-state index in [1.54, 1.807) is 13.8 Å². The summed E-state index contributed by atoms with van der Waals surface area (Å²) >= 11 is 0.733. The third kappa shape index (κ3) is 4.35. The standard InChI is InChI=1S/C12H12F3NO4S/c1-6(2)10(11(17)18)21-7-3-4-9(16(19)20)8(5-7)12(13,14)15/h3-6,10H,1-2H3,(H,17,18). The summed E-state index contributed by atoms with van der Waals surface area (Å²) in [5, 5.41) is 18.7. The second-order valence-electron chi connectivity index (χ2n) is 4.55. The first kappa shape index (κ1) is 17.3. The van der Waals surface area contributed by atoms with E-state index in [1.807, 2.05) is 0 Å². The van der Waals surface area contributed by atoms with Gasteiger partial charge in [-0.25, -0.2) is 0 Å². The Balaban J connectivity index is 3.23. The number of thioether (sulfide) groups is 1. The number of carboxylic acid groups (broad SMARTS) is 1. The minimum absolute atomic E-state index is 0.0222. The highest BCUT2D eigenvalue weighted by molar-refractivity contribution is 8.00. The molecule has 0 aliphatic heterocycles. The molecule has 0 saturated carbocycles. The number of nitro benzene ring substituents is 1. The molecule has 0 aliphatic rings. The topological polar surface area (TPSA) is 80.4 Å². The van der Waals surface area contributed by atoms with Crippen LogP contribution in [0.15, 0.2) is 23.1 Å². The molecule has 0 saturated heterocycles. The van der Waals surface area contributed by atoms with Crippen LogP contribution >= 0.6 is 11.8 Å². The molecule has 1 atom stereocenters. The van der Waals surface area contributed by atoms with E-state index in [0.29, 0.717) is 6.07 Å². The molecule has 0 aromatic heterocycles. The predicted octanol–water partition coefficient (Wildman–Crippen LogP) is 3.81. The van der Waals surface area contributed by atoms with E-state index in [1.165, 1.54) is 0 Å². The van der Waals surface area contributed by atoms with E-state index in [0.717, 1.165) is 23.9 Å². The van der Waals surface area contributed by atoms with Crippen LogP contribution in [0.3, 0.4) is 0 Å². The third-order valence-corrected chi connectivity index (χ3v) is 4.11. The maximum Gasteiger partial charge on any atom is 0.423 e. The number of carbonyl (C=O) groups is 1. The second-order valence-corrected chi connectivity index (χ2v) is 5.77. The molecule has 1 rings (SSSR count). The van der Waals surface area contributed by atoms with Crippen LogP contribution in [0, 0.1) is 16.0 Å². The van der Waals surface area contributed by atoms with Crippen LogP contribution in [0.4, 0.5) is 18.9 Å². The Morgan fingerprint density at radius 2 is 1.95 bits per heavy atom. The number of nitro groups is 1. The Bertz CT molecular complexity index is 560. The Hall–Kier alpha value is -1.77. The van der Waals surface area contributed by atoms with Crippen LogP contribution in [0.2, 0.25) is 0 Å². The van der Waals surface area contributed by atoms with Gasteiger partial charge in [0.1, 0.15) is 10.8 Å². The summed E-state index contributed by atoms with van der Waals surface area (Å²) in [7, 11) is 0. The third-order valence-electron chi connectivity index (χ3n) is 2.58. The van der Waals surface area contributed by atoms with Gasteiger partial charge in [0.2, 0.25) is 0 Å². The highest BCUT2D eigenvalue weighted by atomic mass is 32.2. The fourth-order valence-electron chi connectivity index (χ4n) is 1.59. The van der Waals surface area contributed by atoms with Gasteiger partial charge >= 0.3 is 12.1 Å². The zero-order valence-corrected chi connectivity index (χ0v) is 11.9. The van der Waals surface area contributed by atoms with Gasteiger partial charge in [0.25, 0.3) is 5.69 Å². The fourth-order valence-corrected chi connectivity index (χ4v) is 2.59. The molecule has 1 N–H and O–H groups in total. The monoisotopic (exact) mass is 323 g/mol. The summed E-state index contributed by atoms with van der Waals surface area (Å²) in [5.74, 6) is -1.46. The second kappa shape index (κ2) is 6.33. The highest BCUT2D eigenvalue weighted by Gasteiger charge is 2.38. The number of benzene rings is 1. The molecule has 116 valence electrons. The first-order valence-electron chi connectivity index (χ1n) is 5.79. The first-order chi connectivity index (χ1) is 9.54. The Morgan fingerprint density at radius 1 is 1.38 bits per heavy atom. The lowest BCUT2D eigenvalue weighted by molar-refractivity contribution is -0.388. The van der Waals surface area contributed by atoms with Crippen molar-refractivity contribution in [2.75, 3.05) is 0 Å². The highest BCUT2D eigenvalue weighted by Crippen LogP contribution is 2.39. The van der Waals surface area contributed by atoms with Gasteiger partial charge in [0, 0.05) is 11.0 Å². The number of rotatable bonds is 5. The van der Waals surface area contributed by atoms with Gasteiger partial charge in [-0.05, 0) is 18.1 Å². The largest absolute Gasteiger partial charge is 0.480 e. The molecular formula is C12H12F3NO4S. The van der Waals surface area contributed by atoms with Crippen molar-refractivity contribution in [1.29, 1.82) is 0 Å². The molecule has 0 amide bonds. The van der Waals surface area contributed by atoms with Gasteiger partial charge in [-0.3, -0.25) is 14.9 Å². The van der Waals surface area contributed by atoms with Crippen LogP contribution in [0.5, 0.6) is 0 Å². The van der Waals surface area contributed by atoms with E-state index in [4.69, 9.17) is 5.11 Å². The van der Waals surface area contributed by atoms with E-state index in [-0.39, 0.29) is 10.8 Å². The molecule has 0 aliphatic carbocycles. The normalized spacial score (nSPS) is 13.2. The van der Waals surface area contributed by atoms with Crippen molar-refractivity contribution in [3.05, 3.63) is 33.9 Å². The number of aliphatic carboxylic acids is 1. The molecule has 0 radical (unpaired) electrons. The smallest absolute Gasteiger partial charge is 0.423 e. The fraction of sp³-hybridized carbons (Fsp3) is 0.417. The summed E-state index contributed by atoms with van der Waals surface area (Å²) in [6.45, 7) is 3.25. The van der Waals surface area contributed by atoms with Gasteiger partial charge in [0.05, 0.1) is 4.92 Å². The van der Waals surface area contributed by atoms with Gasteiger partial charge in [0.15, 0.2) is 0 Å². The number of alkyl halides is 3. The predicted molar refractivity (Wildman–Crippen MR) is 70.2 cm³/mol. The van der Waals surface area contributed by atoms with E-state index in [9.17, 15) is 28.1 Å². The number of hydrogen-bond donors (Lipinski definition) is 1. The molecular weight excluding hydrogens is 311 g/mol. The maximum absolute atomic E-state index is 12.8. The average Bonchev–Trinajstić information content (AvgIpc) is 2.33. The number of halogens is 3. The van der Waals surface area contributed by atoms with Crippen LogP contribution in [-0.4, -0.2) is 21.2 Å². The summed E-state index contributed by atoms with van der Waals surface area (Å²) < 4.78 is 38.4. The molecule has 21 heavy (non-hydrogen) atoms. The van der Waals surface area contributed by atoms with Crippen LogP contribution in [0.1, 0.15) is 19.4 Å². The molecule has 0 heterocycles. The van der Waals surface area contributed by atoms with Crippen molar-refractivity contribution in [1.82, 2.24) is 0 Å². The van der Waals surface area contributed by atoms with E-state index >= 15 is 0 Å². The number of carboxylic acids is 1. The van der Waals surface area contributed by atoms with Crippen molar-refractivity contribution in [3.8, 4) is 0 Å². The summed E-state index contributed by atoms with van der Waals surface area (Å²) in [6.07, 6.45) is -4.88. The van der Waals surface area contributed by atoms with Crippen molar-refractivity contribution in [2.45, 2.75) is 30.2 Å². The van der Waals surface area contributed by atoms with Crippen LogP contribution < -0.4 is 0 Å². The SMILES string of the molecule is CC(C)C(Sc1ccc([N+](=O)[O-])c(C(F)(F)F)c1)C(=O)O. The average molecular weight is 323 g/mol. The Kier molecular flexibility index (Phi) is 5.21. The summed E-state index contributed by atoms with van der Waals surface area (Å²) in [6, 6.07) is 2.47. The summed E-state index contributed by atoms with van der Waals surface area (Å²) in [5.41, 5.74) is -2.44. The zero-order valence-electron chi connectivity index (χ0n) is 11.0. The van der Waals surface area contributed by atoms with Crippen molar-refractivity contribution < 1.29 is 28.0 Å². The lowest BCUT2D eigenvalue weighted by atomic mass is 10.1. The molecule has 9 heteroatoms. The molecule has 0 spiro atoms. The minimum atomic E-state index is -4.88. The number of hydrogen-bond acceptors (Lipinski definition) is 4. The van der Waals surface area contributed by atoms with Crippen molar-refractivity contribution in [2.24, 2.45) is 5.92 Å². The Morgan fingerprint density at radius 3 is 2.33 bits per heavy atom. The van der Waals surface area contributed by atoms with E-state index < -0.39 is 33.6 Å². The van der Waals surface area contributed by atoms with Crippen molar-refractivity contribution in [3.63, 3.8) is 0 Å². The molecule has 0 fully saturated rings. The van der Waals surface area contributed by atoms with Crippen LogP contribution in [-0.2, 0) is 11.0 Å². The van der Waals surface area contributed by atoms with Gasteiger partial charge < -0.3 is 5.11 Å². The molecule has 1 unspecified atom stereocenters. The van der Waals surface area contributed by atoms with Gasteiger partial charge in [-0.2, -0.15) is 13.2 Å². The lowest BCUT2D eigenvalue weighted by Gasteiger charge is -2.16. The quantitative estimate of drug-likeness (QED) is 0.506. The van der Waals surface area contributed by atoms with E-state index in [2.05, 4.69) is 0 Å². The molecule has 1 aromatic carbocycles. The lowest BCUT2D eigenvalue weighted by Crippen LogP contribution is -2.22. The first-order valence-corrected chi connectivity index (χ1v) is 6.67. The van der Waals surface area contributed by atoms with Crippen molar-refractivity contribution >= 4 is 23.4 Å². The van der Waals surface area contributed by atoms with Crippen LogP contribution in [0.25, 0.3) is 0 Å². The minimum Gasteiger partial charge on any atom is -0.480 e.